The summed E-state index contributed by atoms with van der Waals surface area (Å²) in [7, 11) is 7.57. The van der Waals surface area contributed by atoms with Crippen LogP contribution in [-0.2, 0) is 44.6 Å². The molecule has 1 fully saturated rings. The number of rotatable bonds is 21. The van der Waals surface area contributed by atoms with Crippen molar-refractivity contribution < 1.29 is 38.2 Å². The van der Waals surface area contributed by atoms with Crippen LogP contribution in [0.3, 0.4) is 0 Å². The number of hydrogen-bond donors (Lipinski definition) is 3. The Morgan fingerprint density at radius 2 is 1.55 bits per heavy atom. The van der Waals surface area contributed by atoms with Crippen molar-refractivity contribution in [2.24, 2.45) is 23.7 Å². The van der Waals surface area contributed by atoms with Gasteiger partial charge in [-0.15, -0.1) is 0 Å². The summed E-state index contributed by atoms with van der Waals surface area (Å²) in [5.41, 5.74) is 1.04. The first-order valence-electron chi connectivity index (χ1n) is 18.2. The van der Waals surface area contributed by atoms with Crippen LogP contribution >= 0.6 is 0 Å². The lowest BCUT2D eigenvalue weighted by Crippen LogP contribution is -2.63. The highest BCUT2D eigenvalue weighted by Crippen LogP contribution is 2.31. The zero-order valence-corrected chi connectivity index (χ0v) is 32.6. The van der Waals surface area contributed by atoms with Crippen LogP contribution in [0.4, 0.5) is 0 Å². The van der Waals surface area contributed by atoms with E-state index >= 15 is 0 Å². The molecule has 3 N–H and O–H groups in total. The van der Waals surface area contributed by atoms with E-state index in [4.69, 9.17) is 14.2 Å². The lowest BCUT2D eigenvalue weighted by atomic mass is 9.85. The minimum atomic E-state index is -1.28. The second-order valence-electron chi connectivity index (χ2n) is 14.2. The van der Waals surface area contributed by atoms with Gasteiger partial charge >= 0.3 is 5.97 Å². The maximum Gasteiger partial charge on any atom is 0.321 e. The quantitative estimate of drug-likeness (QED) is 0.129. The molecular formula is C38H63N5O8. The second kappa shape index (κ2) is 21.1. The van der Waals surface area contributed by atoms with Crippen LogP contribution in [0.15, 0.2) is 30.3 Å². The summed E-state index contributed by atoms with van der Waals surface area (Å²) in [4.78, 5) is 70.8. The Morgan fingerprint density at radius 3 is 2.02 bits per heavy atom. The maximum atomic E-state index is 14.1. The fraction of sp³-hybridized carbons (Fsp3) is 0.711. The van der Waals surface area contributed by atoms with Crippen molar-refractivity contribution in [1.82, 2.24) is 25.8 Å². The van der Waals surface area contributed by atoms with Crippen LogP contribution < -0.4 is 16.0 Å². The molecule has 1 heterocycles. The van der Waals surface area contributed by atoms with Crippen LogP contribution in [0.1, 0.15) is 66.4 Å². The average molecular weight is 718 g/mol. The number of esters is 1. The molecule has 0 saturated carbocycles. The fourth-order valence-corrected chi connectivity index (χ4v) is 6.94. The maximum absolute atomic E-state index is 14.1. The first-order valence-corrected chi connectivity index (χ1v) is 18.2. The first kappa shape index (κ1) is 43.6. The Bertz CT molecular complexity index is 1280. The molecule has 8 atom stereocenters. The second-order valence-corrected chi connectivity index (χ2v) is 14.2. The first-order chi connectivity index (χ1) is 24.2. The van der Waals surface area contributed by atoms with Crippen LogP contribution in [0.2, 0.25) is 0 Å². The highest BCUT2D eigenvalue weighted by Gasteiger charge is 2.48. The van der Waals surface area contributed by atoms with Crippen molar-refractivity contribution >= 4 is 29.6 Å². The predicted octanol–water partition coefficient (Wildman–Crippen LogP) is 2.41. The minimum absolute atomic E-state index is 0.0207. The zero-order valence-electron chi connectivity index (χ0n) is 32.6. The van der Waals surface area contributed by atoms with E-state index in [2.05, 4.69) is 16.0 Å². The molecule has 1 unspecified atom stereocenters. The van der Waals surface area contributed by atoms with Gasteiger partial charge in [0.05, 0.1) is 43.9 Å². The molecule has 288 valence electrons. The lowest BCUT2D eigenvalue weighted by molar-refractivity contribution is -0.167. The van der Waals surface area contributed by atoms with E-state index in [-0.39, 0.29) is 41.9 Å². The molecule has 0 aliphatic carbocycles. The fourth-order valence-electron chi connectivity index (χ4n) is 6.94. The average Bonchev–Trinajstić information content (AvgIpc) is 3.08. The molecule has 4 amide bonds. The third-order valence-corrected chi connectivity index (χ3v) is 10.2. The molecule has 0 aromatic heterocycles. The van der Waals surface area contributed by atoms with Crippen molar-refractivity contribution in [3.63, 3.8) is 0 Å². The van der Waals surface area contributed by atoms with Gasteiger partial charge in [-0.2, -0.15) is 0 Å². The van der Waals surface area contributed by atoms with Gasteiger partial charge in [0.1, 0.15) is 6.04 Å². The van der Waals surface area contributed by atoms with E-state index in [1.807, 2.05) is 71.9 Å². The zero-order chi connectivity index (χ0) is 38.4. The van der Waals surface area contributed by atoms with E-state index < -0.39 is 54.2 Å². The molecule has 1 aromatic carbocycles. The molecule has 0 radical (unpaired) electrons. The summed E-state index contributed by atoms with van der Waals surface area (Å²) in [6, 6.07) is 7.39. The number of methoxy groups -OCH3 is 3. The molecule has 13 heteroatoms. The molecule has 0 spiro atoms. The third kappa shape index (κ3) is 11.5. The van der Waals surface area contributed by atoms with Gasteiger partial charge in [0.25, 0.3) is 0 Å². The van der Waals surface area contributed by atoms with E-state index in [0.717, 1.165) is 5.56 Å². The smallest absolute Gasteiger partial charge is 0.321 e. The Balaban J connectivity index is 2.25. The van der Waals surface area contributed by atoms with Crippen LogP contribution in [0.5, 0.6) is 0 Å². The highest BCUT2D eigenvalue weighted by atomic mass is 16.5. The number of benzene rings is 1. The van der Waals surface area contributed by atoms with Crippen molar-refractivity contribution in [2.75, 3.05) is 48.5 Å². The summed E-state index contributed by atoms with van der Waals surface area (Å²) < 4.78 is 16.7. The number of hydrogen-bond acceptors (Lipinski definition) is 9. The van der Waals surface area contributed by atoms with E-state index in [0.29, 0.717) is 32.4 Å². The molecule has 1 aliphatic rings. The molecule has 1 aromatic rings. The number of likely N-dealkylation sites (tertiary alicyclic amines) is 1. The SMILES string of the molecule is CCC(C)[C@@H]([C@@H](CC(=O)N1CC[C@H]1[C@H](OC)[C@H](C(=O)NCCc1ccccc1)C(=O)OC)OC)N(C)C(=O)[C@@H](NC(=O)[C@@H](NC)C(C)C)C(C)C. The number of carbonyl (C=O) groups is 5. The number of nitrogens with one attached hydrogen (secondary N) is 3. The van der Waals surface area contributed by atoms with Gasteiger partial charge in [0.2, 0.25) is 23.6 Å². The molecule has 2 rings (SSSR count). The van der Waals surface area contributed by atoms with Crippen LogP contribution in [0, 0.1) is 23.7 Å². The van der Waals surface area contributed by atoms with Crippen LogP contribution in [-0.4, -0.2) is 124 Å². The Hall–Kier alpha value is -3.55. The Labute approximate surface area is 304 Å². The molecular weight excluding hydrogens is 654 g/mol. The highest BCUT2D eigenvalue weighted by molar-refractivity contribution is 5.98. The standard InChI is InChI=1S/C38H63N5O8/c1-12-25(6)33(42(8)37(47)32(24(4)5)41-36(46)31(39-7)23(2)3)28(49-9)22-29(44)43-21-19-27(43)34(50-10)30(38(48)51-11)35(45)40-20-18-26-16-14-13-15-17-26/h13-17,23-25,27-28,30-34,39H,12,18-22H2,1-11H3,(H,40,45)(H,41,46)/t25?,27-,28+,30+,31-,32-,33-,34-/m0/s1. The molecule has 0 bridgehead atoms. The molecule has 1 aliphatic heterocycles. The van der Waals surface area contributed by atoms with Gasteiger partial charge in [-0.1, -0.05) is 78.3 Å². The van der Waals surface area contributed by atoms with Crippen molar-refractivity contribution in [3.05, 3.63) is 35.9 Å². The summed E-state index contributed by atoms with van der Waals surface area (Å²) in [5, 5.41) is 8.83. The number of amides is 4. The van der Waals surface area contributed by atoms with E-state index in [1.165, 1.54) is 21.3 Å². The number of carbonyl (C=O) groups excluding carboxylic acids is 5. The normalized spacial score (nSPS) is 18.5. The number of nitrogens with zero attached hydrogens (tertiary/aromatic N) is 2. The third-order valence-electron chi connectivity index (χ3n) is 10.2. The monoisotopic (exact) mass is 717 g/mol. The largest absolute Gasteiger partial charge is 0.468 e. The number of likely N-dealkylation sites (N-methyl/N-ethyl adjacent to an activating group) is 2. The summed E-state index contributed by atoms with van der Waals surface area (Å²) in [6.07, 6.45) is 0.159. The Kier molecular flexibility index (Phi) is 18.0. The lowest BCUT2D eigenvalue weighted by Gasteiger charge is -2.47. The van der Waals surface area contributed by atoms with Crippen molar-refractivity contribution in [1.29, 1.82) is 0 Å². The minimum Gasteiger partial charge on any atom is -0.468 e. The predicted molar refractivity (Wildman–Crippen MR) is 195 cm³/mol. The summed E-state index contributed by atoms with van der Waals surface area (Å²) in [5.74, 6) is -3.55. The molecule has 1 saturated heterocycles. The summed E-state index contributed by atoms with van der Waals surface area (Å²) in [6.45, 7) is 12.4. The number of ether oxygens (including phenoxy) is 3. The topological polar surface area (TPSA) is 156 Å². The van der Waals surface area contributed by atoms with Gasteiger partial charge in [0, 0.05) is 34.4 Å². The Morgan fingerprint density at radius 1 is 0.922 bits per heavy atom. The van der Waals surface area contributed by atoms with Gasteiger partial charge in [-0.3, -0.25) is 24.0 Å². The van der Waals surface area contributed by atoms with Gasteiger partial charge < -0.3 is 40.0 Å². The van der Waals surface area contributed by atoms with E-state index in [1.54, 1.807) is 23.9 Å². The molecule has 13 nitrogen and oxygen atoms in total. The van der Waals surface area contributed by atoms with Crippen LogP contribution in [0.25, 0.3) is 0 Å². The summed E-state index contributed by atoms with van der Waals surface area (Å²) >= 11 is 0. The molecule has 51 heavy (non-hydrogen) atoms. The van der Waals surface area contributed by atoms with Crippen molar-refractivity contribution in [2.45, 2.75) is 104 Å². The van der Waals surface area contributed by atoms with E-state index in [9.17, 15) is 24.0 Å². The van der Waals surface area contributed by atoms with Gasteiger partial charge in [-0.25, -0.2) is 0 Å². The van der Waals surface area contributed by atoms with Crippen molar-refractivity contribution in [3.8, 4) is 0 Å². The van der Waals surface area contributed by atoms with Gasteiger partial charge in [-0.05, 0) is 43.2 Å². The van der Waals surface area contributed by atoms with Gasteiger partial charge in [0.15, 0.2) is 5.92 Å².